The molecule has 0 atom stereocenters. The first kappa shape index (κ1) is 19.4. The van der Waals surface area contributed by atoms with Crippen LogP contribution in [0.5, 0.6) is 5.75 Å². The van der Waals surface area contributed by atoms with Crippen molar-refractivity contribution >= 4 is 17.5 Å². The van der Waals surface area contributed by atoms with Crippen molar-refractivity contribution in [1.29, 1.82) is 0 Å². The van der Waals surface area contributed by atoms with Gasteiger partial charge in [0.15, 0.2) is 5.82 Å². The smallest absolute Gasteiger partial charge is 0.257 e. The minimum atomic E-state index is -0.0212. The van der Waals surface area contributed by atoms with Gasteiger partial charge in [-0.3, -0.25) is 4.79 Å². The third-order valence-electron chi connectivity index (χ3n) is 5.09. The van der Waals surface area contributed by atoms with Crippen LogP contribution < -0.4 is 4.74 Å². The Morgan fingerprint density at radius 2 is 1.76 bits per heavy atom. The Bertz CT molecular complexity index is 985. The number of amides is 1. The highest BCUT2D eigenvalue weighted by atomic mass is 35.5. The van der Waals surface area contributed by atoms with E-state index in [1.54, 1.807) is 6.20 Å². The van der Waals surface area contributed by atoms with E-state index < -0.39 is 0 Å². The van der Waals surface area contributed by atoms with E-state index in [0.717, 1.165) is 24.2 Å². The van der Waals surface area contributed by atoms with Gasteiger partial charge in [0, 0.05) is 42.7 Å². The van der Waals surface area contributed by atoms with Crippen molar-refractivity contribution in [3.05, 3.63) is 77.1 Å². The molecule has 6 heteroatoms. The number of likely N-dealkylation sites (tertiary alicyclic amines) is 1. The van der Waals surface area contributed by atoms with Crippen LogP contribution in [-0.2, 0) is 0 Å². The fourth-order valence-corrected chi connectivity index (χ4v) is 3.58. The SMILES string of the molecule is Cc1nc(-c2ccccc2)ncc1C(=O)N1CCC(Oc2ccc(Cl)cc2)CC1. The van der Waals surface area contributed by atoms with E-state index in [1.165, 1.54) is 0 Å². The van der Waals surface area contributed by atoms with Crippen LogP contribution in [0.4, 0.5) is 0 Å². The second-order valence-corrected chi connectivity index (χ2v) is 7.56. The van der Waals surface area contributed by atoms with Crippen LogP contribution >= 0.6 is 11.6 Å². The first-order valence-corrected chi connectivity index (χ1v) is 10.1. The van der Waals surface area contributed by atoms with Gasteiger partial charge in [-0.05, 0) is 31.2 Å². The molecule has 1 fully saturated rings. The van der Waals surface area contributed by atoms with E-state index in [2.05, 4.69) is 9.97 Å². The van der Waals surface area contributed by atoms with E-state index in [-0.39, 0.29) is 12.0 Å². The van der Waals surface area contributed by atoms with E-state index in [1.807, 2.05) is 66.4 Å². The first-order chi connectivity index (χ1) is 14.1. The normalized spacial score (nSPS) is 14.6. The molecule has 0 bridgehead atoms. The number of aromatic nitrogens is 2. The number of benzene rings is 2. The molecular weight excluding hydrogens is 386 g/mol. The third-order valence-corrected chi connectivity index (χ3v) is 5.34. The number of piperidine rings is 1. The second kappa shape index (κ2) is 8.62. The Balaban J connectivity index is 1.38. The molecule has 5 nitrogen and oxygen atoms in total. The summed E-state index contributed by atoms with van der Waals surface area (Å²) in [5.41, 5.74) is 2.19. The Morgan fingerprint density at radius 1 is 1.07 bits per heavy atom. The summed E-state index contributed by atoms with van der Waals surface area (Å²) in [5.74, 6) is 1.42. The summed E-state index contributed by atoms with van der Waals surface area (Å²) in [4.78, 5) is 23.8. The molecule has 1 aromatic heterocycles. The van der Waals surface area contributed by atoms with Gasteiger partial charge in [-0.1, -0.05) is 41.9 Å². The summed E-state index contributed by atoms with van der Waals surface area (Å²) in [6.07, 6.45) is 3.31. The van der Waals surface area contributed by atoms with Gasteiger partial charge in [-0.25, -0.2) is 9.97 Å². The summed E-state index contributed by atoms with van der Waals surface area (Å²) in [6.45, 7) is 3.16. The second-order valence-electron chi connectivity index (χ2n) is 7.12. The summed E-state index contributed by atoms with van der Waals surface area (Å²) in [5, 5.41) is 0.689. The quantitative estimate of drug-likeness (QED) is 0.624. The van der Waals surface area contributed by atoms with Crippen molar-refractivity contribution in [2.45, 2.75) is 25.9 Å². The van der Waals surface area contributed by atoms with Gasteiger partial charge in [-0.15, -0.1) is 0 Å². The fourth-order valence-electron chi connectivity index (χ4n) is 3.46. The molecular formula is C23H22ClN3O2. The Hall–Kier alpha value is -2.92. The monoisotopic (exact) mass is 407 g/mol. The van der Waals surface area contributed by atoms with Gasteiger partial charge in [-0.2, -0.15) is 0 Å². The molecule has 0 spiro atoms. The van der Waals surface area contributed by atoms with Crippen LogP contribution in [0, 0.1) is 6.92 Å². The summed E-state index contributed by atoms with van der Waals surface area (Å²) < 4.78 is 6.01. The standard InChI is InChI=1S/C23H22ClN3O2/c1-16-21(15-25-22(26-16)17-5-3-2-4-6-17)23(28)27-13-11-20(12-14-27)29-19-9-7-18(24)8-10-19/h2-10,15,20H,11-14H2,1H3. The molecule has 1 saturated heterocycles. The number of ether oxygens (including phenoxy) is 1. The number of halogens is 1. The maximum atomic E-state index is 13.0. The zero-order valence-electron chi connectivity index (χ0n) is 16.2. The zero-order chi connectivity index (χ0) is 20.2. The third kappa shape index (κ3) is 4.57. The minimum Gasteiger partial charge on any atom is -0.490 e. The van der Waals surface area contributed by atoms with E-state index >= 15 is 0 Å². The molecule has 1 aliphatic rings. The molecule has 0 radical (unpaired) electrons. The average Bonchev–Trinajstić information content (AvgIpc) is 2.76. The number of nitrogens with zero attached hydrogens (tertiary/aromatic N) is 3. The van der Waals surface area contributed by atoms with Crippen LogP contribution in [0.3, 0.4) is 0 Å². The largest absolute Gasteiger partial charge is 0.490 e. The molecule has 1 amide bonds. The Morgan fingerprint density at radius 3 is 2.41 bits per heavy atom. The molecule has 2 heterocycles. The van der Waals surface area contributed by atoms with E-state index in [0.29, 0.717) is 35.2 Å². The number of carbonyl (C=O) groups excluding carboxylic acids is 1. The van der Waals surface area contributed by atoms with Crippen molar-refractivity contribution in [2.75, 3.05) is 13.1 Å². The number of rotatable bonds is 4. The summed E-state index contributed by atoms with van der Waals surface area (Å²) in [7, 11) is 0. The Labute approximate surface area is 175 Å². The lowest BCUT2D eigenvalue weighted by Gasteiger charge is -2.32. The number of hydrogen-bond acceptors (Lipinski definition) is 4. The maximum Gasteiger partial charge on any atom is 0.257 e. The van der Waals surface area contributed by atoms with E-state index in [4.69, 9.17) is 16.3 Å². The molecule has 148 valence electrons. The van der Waals surface area contributed by atoms with Crippen LogP contribution in [0.15, 0.2) is 60.8 Å². The molecule has 1 aliphatic heterocycles. The number of carbonyl (C=O) groups is 1. The van der Waals surface area contributed by atoms with Gasteiger partial charge in [0.05, 0.1) is 11.3 Å². The lowest BCUT2D eigenvalue weighted by molar-refractivity contribution is 0.0594. The lowest BCUT2D eigenvalue weighted by atomic mass is 10.1. The first-order valence-electron chi connectivity index (χ1n) is 9.71. The molecule has 0 unspecified atom stereocenters. The molecule has 0 aliphatic carbocycles. The molecule has 0 N–H and O–H groups in total. The van der Waals surface area contributed by atoms with Gasteiger partial charge in [0.25, 0.3) is 5.91 Å². The van der Waals surface area contributed by atoms with Gasteiger partial charge < -0.3 is 9.64 Å². The van der Waals surface area contributed by atoms with Crippen molar-refractivity contribution in [3.8, 4) is 17.1 Å². The maximum absolute atomic E-state index is 13.0. The minimum absolute atomic E-state index is 0.0212. The van der Waals surface area contributed by atoms with Crippen LogP contribution in [-0.4, -0.2) is 40.0 Å². The van der Waals surface area contributed by atoms with Crippen molar-refractivity contribution < 1.29 is 9.53 Å². The van der Waals surface area contributed by atoms with Crippen molar-refractivity contribution in [3.63, 3.8) is 0 Å². The molecule has 2 aromatic carbocycles. The van der Waals surface area contributed by atoms with E-state index in [9.17, 15) is 4.79 Å². The van der Waals surface area contributed by atoms with Gasteiger partial charge in [0.2, 0.25) is 0 Å². The highest BCUT2D eigenvalue weighted by molar-refractivity contribution is 6.30. The predicted molar refractivity (Wildman–Crippen MR) is 113 cm³/mol. The number of aryl methyl sites for hydroxylation is 1. The topological polar surface area (TPSA) is 55.3 Å². The number of hydrogen-bond donors (Lipinski definition) is 0. The van der Waals surface area contributed by atoms with Crippen LogP contribution in [0.1, 0.15) is 28.9 Å². The van der Waals surface area contributed by atoms with Crippen molar-refractivity contribution in [1.82, 2.24) is 14.9 Å². The molecule has 29 heavy (non-hydrogen) atoms. The zero-order valence-corrected chi connectivity index (χ0v) is 17.0. The Kier molecular flexibility index (Phi) is 5.76. The summed E-state index contributed by atoms with van der Waals surface area (Å²) >= 11 is 5.91. The van der Waals surface area contributed by atoms with Gasteiger partial charge in [0.1, 0.15) is 11.9 Å². The van der Waals surface area contributed by atoms with Crippen LogP contribution in [0.2, 0.25) is 5.02 Å². The summed E-state index contributed by atoms with van der Waals surface area (Å²) in [6, 6.07) is 17.1. The highest BCUT2D eigenvalue weighted by Gasteiger charge is 2.26. The van der Waals surface area contributed by atoms with Gasteiger partial charge >= 0.3 is 0 Å². The van der Waals surface area contributed by atoms with Crippen LogP contribution in [0.25, 0.3) is 11.4 Å². The average molecular weight is 408 g/mol. The predicted octanol–water partition coefficient (Wildman–Crippen LogP) is 4.79. The van der Waals surface area contributed by atoms with Crippen molar-refractivity contribution in [2.24, 2.45) is 0 Å². The molecule has 0 saturated carbocycles. The molecule has 4 rings (SSSR count). The molecule has 3 aromatic rings. The fraction of sp³-hybridized carbons (Fsp3) is 0.261. The highest BCUT2D eigenvalue weighted by Crippen LogP contribution is 2.23. The lowest BCUT2D eigenvalue weighted by Crippen LogP contribution is -2.42.